The second kappa shape index (κ2) is 10.7. The van der Waals surface area contributed by atoms with Crippen LogP contribution in [-0.4, -0.2) is 42.9 Å². The van der Waals surface area contributed by atoms with Gasteiger partial charge < -0.3 is 5.32 Å². The van der Waals surface area contributed by atoms with Crippen LogP contribution in [0, 0.1) is 0 Å². The summed E-state index contributed by atoms with van der Waals surface area (Å²) < 4.78 is 27.2. The van der Waals surface area contributed by atoms with Crippen LogP contribution >= 0.6 is 12.2 Å². The average Bonchev–Trinajstić information content (AvgIpc) is 2.69. The third-order valence-electron chi connectivity index (χ3n) is 4.82. The van der Waals surface area contributed by atoms with E-state index in [-0.39, 0.29) is 16.8 Å². The quantitative estimate of drug-likeness (QED) is 0.353. The van der Waals surface area contributed by atoms with Crippen molar-refractivity contribution in [1.29, 1.82) is 0 Å². The predicted molar refractivity (Wildman–Crippen MR) is 114 cm³/mol. The number of nitrogens with zero attached hydrogens (tertiary/aromatic N) is 1. The third-order valence-corrected chi connectivity index (χ3v) is 7.09. The molecule has 0 radical (unpaired) electrons. The molecule has 1 aliphatic heterocycles. The van der Waals surface area contributed by atoms with E-state index in [1.165, 1.54) is 24.3 Å². The van der Waals surface area contributed by atoms with Gasteiger partial charge in [0.1, 0.15) is 0 Å². The molecule has 0 unspecified atom stereocenters. The van der Waals surface area contributed by atoms with Gasteiger partial charge in [0, 0.05) is 24.7 Å². The van der Waals surface area contributed by atoms with Crippen LogP contribution in [0.15, 0.2) is 29.2 Å². The summed E-state index contributed by atoms with van der Waals surface area (Å²) in [6, 6.07) is 5.98. The number of nitrogens with one attached hydrogen (secondary N) is 3. The highest BCUT2D eigenvalue weighted by Gasteiger charge is 2.30. The van der Waals surface area contributed by atoms with Gasteiger partial charge in [0.25, 0.3) is 5.91 Å². The van der Waals surface area contributed by atoms with E-state index in [4.69, 9.17) is 12.2 Å². The van der Waals surface area contributed by atoms with Crippen LogP contribution in [0.4, 0.5) is 0 Å². The van der Waals surface area contributed by atoms with Gasteiger partial charge >= 0.3 is 0 Å². The maximum Gasteiger partial charge on any atom is 0.269 e. The highest BCUT2D eigenvalue weighted by molar-refractivity contribution is 7.89. The minimum atomic E-state index is -3.54. The van der Waals surface area contributed by atoms with Gasteiger partial charge in [0.05, 0.1) is 4.90 Å². The first kappa shape index (κ1) is 22.6. The zero-order chi connectivity index (χ0) is 20.6. The van der Waals surface area contributed by atoms with E-state index < -0.39 is 10.0 Å². The fraction of sp³-hybridized carbons (Fsp3) is 0.579. The fourth-order valence-electron chi connectivity index (χ4n) is 3.15. The maximum absolute atomic E-state index is 12.8. The molecule has 156 valence electrons. The number of amides is 1. The Hall–Kier alpha value is -1.71. The summed E-state index contributed by atoms with van der Waals surface area (Å²) in [5.74, 6) is -0.381. The predicted octanol–water partition coefficient (Wildman–Crippen LogP) is 2.55. The summed E-state index contributed by atoms with van der Waals surface area (Å²) in [4.78, 5) is 12.4. The molecule has 1 amide bonds. The molecule has 2 rings (SSSR count). The van der Waals surface area contributed by atoms with Crippen LogP contribution in [0.1, 0.15) is 62.7 Å². The van der Waals surface area contributed by atoms with Crippen molar-refractivity contribution in [3.8, 4) is 0 Å². The number of carbonyl (C=O) groups excluding carboxylic acids is 1. The molecule has 1 aliphatic rings. The van der Waals surface area contributed by atoms with Gasteiger partial charge in [-0.25, -0.2) is 8.42 Å². The zero-order valence-electron chi connectivity index (χ0n) is 16.5. The number of sulfonamides is 1. The number of hydrazine groups is 1. The molecular weight excluding hydrogens is 396 g/mol. The Morgan fingerprint density at radius 3 is 2.54 bits per heavy atom. The molecule has 28 heavy (non-hydrogen) atoms. The van der Waals surface area contributed by atoms with Gasteiger partial charge in [-0.15, -0.1) is 0 Å². The first-order valence-corrected chi connectivity index (χ1v) is 11.7. The minimum Gasteiger partial charge on any atom is -0.361 e. The lowest BCUT2D eigenvalue weighted by Crippen LogP contribution is -2.47. The summed E-state index contributed by atoms with van der Waals surface area (Å²) >= 11 is 5.10. The molecule has 1 aromatic carbocycles. The summed E-state index contributed by atoms with van der Waals surface area (Å²) in [6.07, 6.45) is 6.06. The van der Waals surface area contributed by atoms with Crippen molar-refractivity contribution in [1.82, 2.24) is 20.5 Å². The number of rotatable bonds is 7. The van der Waals surface area contributed by atoms with E-state index in [1.54, 1.807) is 4.31 Å². The topological polar surface area (TPSA) is 90.5 Å². The van der Waals surface area contributed by atoms with Crippen LogP contribution in [-0.2, 0) is 10.0 Å². The fourth-order valence-corrected chi connectivity index (χ4v) is 5.00. The van der Waals surface area contributed by atoms with Crippen molar-refractivity contribution in [2.75, 3.05) is 13.1 Å². The van der Waals surface area contributed by atoms with Crippen LogP contribution in [0.5, 0.6) is 0 Å². The highest BCUT2D eigenvalue weighted by atomic mass is 32.2. The molecule has 3 N–H and O–H groups in total. The number of piperidine rings is 1. The van der Waals surface area contributed by atoms with E-state index >= 15 is 0 Å². The van der Waals surface area contributed by atoms with Crippen molar-refractivity contribution in [2.45, 2.75) is 63.3 Å². The molecule has 0 aliphatic carbocycles. The van der Waals surface area contributed by atoms with Gasteiger partial charge in [-0.2, -0.15) is 4.31 Å². The average molecular weight is 427 g/mol. The molecule has 0 aromatic heterocycles. The van der Waals surface area contributed by atoms with E-state index in [1.807, 2.05) is 6.92 Å². The molecular formula is C19H30N4O3S2. The molecule has 1 saturated heterocycles. The standard InChI is InChI=1S/C19H30N4O3S2/c1-3-4-6-13-20-19(27)22-21-18(24)16-9-11-17(12-10-16)28(25,26)23-14-7-5-8-15(23)2/h9-12,15H,3-8,13-14H2,1-2H3,(H,21,24)(H2,20,22,27)/t15-/m0/s1. The van der Waals surface area contributed by atoms with Crippen molar-refractivity contribution in [2.24, 2.45) is 0 Å². The zero-order valence-corrected chi connectivity index (χ0v) is 18.2. The van der Waals surface area contributed by atoms with E-state index in [0.717, 1.165) is 45.1 Å². The van der Waals surface area contributed by atoms with Gasteiger partial charge in [-0.05, 0) is 62.7 Å². The first-order chi connectivity index (χ1) is 13.4. The van der Waals surface area contributed by atoms with Crippen LogP contribution in [0.25, 0.3) is 0 Å². The molecule has 7 nitrogen and oxygen atoms in total. The van der Waals surface area contributed by atoms with Crippen molar-refractivity contribution in [3.05, 3.63) is 29.8 Å². The lowest BCUT2D eigenvalue weighted by atomic mass is 10.1. The number of hydrogen-bond acceptors (Lipinski definition) is 4. The Morgan fingerprint density at radius 1 is 1.18 bits per heavy atom. The molecule has 9 heteroatoms. The second-order valence-electron chi connectivity index (χ2n) is 7.03. The number of hydrogen-bond donors (Lipinski definition) is 3. The van der Waals surface area contributed by atoms with Crippen LogP contribution in [0.3, 0.4) is 0 Å². The van der Waals surface area contributed by atoms with Gasteiger partial charge in [0.2, 0.25) is 10.0 Å². The van der Waals surface area contributed by atoms with Crippen molar-refractivity contribution in [3.63, 3.8) is 0 Å². The Bertz CT molecular complexity index is 766. The highest BCUT2D eigenvalue weighted by Crippen LogP contribution is 2.25. The smallest absolute Gasteiger partial charge is 0.269 e. The summed E-state index contributed by atoms with van der Waals surface area (Å²) in [5.41, 5.74) is 5.52. The third kappa shape index (κ3) is 6.15. The number of unbranched alkanes of at least 4 members (excludes halogenated alkanes) is 2. The van der Waals surface area contributed by atoms with Gasteiger partial charge in [-0.1, -0.05) is 26.2 Å². The number of benzene rings is 1. The Labute approximate surface area is 173 Å². The first-order valence-electron chi connectivity index (χ1n) is 9.82. The Morgan fingerprint density at radius 2 is 1.89 bits per heavy atom. The lowest BCUT2D eigenvalue weighted by Gasteiger charge is -2.32. The normalized spacial score (nSPS) is 17.7. The summed E-state index contributed by atoms with van der Waals surface area (Å²) in [6.45, 7) is 5.35. The van der Waals surface area contributed by atoms with Crippen LogP contribution in [0.2, 0.25) is 0 Å². The van der Waals surface area contributed by atoms with Gasteiger partial charge in [-0.3, -0.25) is 15.6 Å². The Kier molecular flexibility index (Phi) is 8.65. The largest absolute Gasteiger partial charge is 0.361 e. The number of carbonyl (C=O) groups is 1. The second-order valence-corrected chi connectivity index (χ2v) is 9.33. The molecule has 1 atom stereocenters. The molecule has 1 fully saturated rings. The molecule has 1 heterocycles. The van der Waals surface area contributed by atoms with E-state index in [0.29, 0.717) is 17.2 Å². The summed E-state index contributed by atoms with van der Waals surface area (Å²) in [7, 11) is -3.54. The summed E-state index contributed by atoms with van der Waals surface area (Å²) in [5, 5.41) is 3.36. The maximum atomic E-state index is 12.8. The van der Waals surface area contributed by atoms with Crippen LogP contribution < -0.4 is 16.2 Å². The minimum absolute atomic E-state index is 0.00300. The van der Waals surface area contributed by atoms with Crippen molar-refractivity contribution >= 4 is 33.3 Å². The molecule has 0 spiro atoms. The molecule has 0 saturated carbocycles. The Balaban J connectivity index is 1.91. The van der Waals surface area contributed by atoms with E-state index in [9.17, 15) is 13.2 Å². The SMILES string of the molecule is CCCCCNC(=S)NNC(=O)c1ccc(S(=O)(=O)N2CCCC[C@@H]2C)cc1. The monoisotopic (exact) mass is 426 g/mol. The van der Waals surface area contributed by atoms with E-state index in [2.05, 4.69) is 23.1 Å². The lowest BCUT2D eigenvalue weighted by molar-refractivity contribution is 0.0943. The molecule has 1 aromatic rings. The molecule has 0 bridgehead atoms. The number of thiocarbonyl (C=S) groups is 1. The van der Waals surface area contributed by atoms with Crippen molar-refractivity contribution < 1.29 is 13.2 Å². The van der Waals surface area contributed by atoms with Gasteiger partial charge in [0.15, 0.2) is 5.11 Å².